The Bertz CT molecular complexity index is 917. The van der Waals surface area contributed by atoms with Gasteiger partial charge in [0.1, 0.15) is 11.6 Å². The van der Waals surface area contributed by atoms with Gasteiger partial charge in [-0.3, -0.25) is 4.79 Å². The van der Waals surface area contributed by atoms with E-state index >= 15 is 0 Å². The van der Waals surface area contributed by atoms with Gasteiger partial charge in [0.15, 0.2) is 5.82 Å². The number of amides is 1. The van der Waals surface area contributed by atoms with Crippen LogP contribution in [0.1, 0.15) is 29.0 Å². The van der Waals surface area contributed by atoms with Crippen LogP contribution in [0, 0.1) is 5.82 Å². The lowest BCUT2D eigenvalue weighted by Gasteiger charge is -2.14. The van der Waals surface area contributed by atoms with Crippen LogP contribution in [0.5, 0.6) is 0 Å². The van der Waals surface area contributed by atoms with Crippen LogP contribution in [0.4, 0.5) is 10.1 Å². The second-order valence-electron chi connectivity index (χ2n) is 6.09. The minimum absolute atomic E-state index is 0.288. The van der Waals surface area contributed by atoms with Crippen molar-refractivity contribution in [2.75, 3.05) is 5.32 Å². The van der Waals surface area contributed by atoms with E-state index in [2.05, 4.69) is 20.1 Å². The van der Waals surface area contributed by atoms with E-state index in [4.69, 9.17) is 0 Å². The Labute approximate surface area is 144 Å². The molecule has 25 heavy (non-hydrogen) atoms. The third-order valence-corrected chi connectivity index (χ3v) is 4.35. The molecule has 0 fully saturated rings. The SMILES string of the molecule is O=C(Nc1ccc(-c2nnc3n2CCCC3)cc1)c1cccc(F)c1. The zero-order valence-electron chi connectivity index (χ0n) is 13.6. The summed E-state index contributed by atoms with van der Waals surface area (Å²) < 4.78 is 15.4. The maximum Gasteiger partial charge on any atom is 0.255 e. The molecule has 2 heterocycles. The molecule has 1 N–H and O–H groups in total. The van der Waals surface area contributed by atoms with E-state index in [9.17, 15) is 9.18 Å². The van der Waals surface area contributed by atoms with Gasteiger partial charge >= 0.3 is 0 Å². The van der Waals surface area contributed by atoms with Crippen LogP contribution < -0.4 is 5.32 Å². The number of nitrogens with one attached hydrogen (secondary N) is 1. The number of aromatic nitrogens is 3. The van der Waals surface area contributed by atoms with Crippen LogP contribution >= 0.6 is 0 Å². The first-order valence-corrected chi connectivity index (χ1v) is 8.30. The fourth-order valence-electron chi connectivity index (χ4n) is 3.06. The molecule has 0 bridgehead atoms. The molecule has 6 heteroatoms. The topological polar surface area (TPSA) is 59.8 Å². The normalized spacial score (nSPS) is 13.3. The summed E-state index contributed by atoms with van der Waals surface area (Å²) in [5.41, 5.74) is 1.90. The highest BCUT2D eigenvalue weighted by atomic mass is 19.1. The molecule has 4 rings (SSSR count). The molecule has 0 atom stereocenters. The van der Waals surface area contributed by atoms with Crippen LogP contribution in [0.25, 0.3) is 11.4 Å². The number of nitrogens with zero attached hydrogens (tertiary/aromatic N) is 3. The number of aryl methyl sites for hydroxylation is 1. The summed E-state index contributed by atoms with van der Waals surface area (Å²) in [6.45, 7) is 0.940. The van der Waals surface area contributed by atoms with E-state index in [1.165, 1.54) is 18.2 Å². The van der Waals surface area contributed by atoms with Crippen molar-refractivity contribution in [1.82, 2.24) is 14.8 Å². The van der Waals surface area contributed by atoms with Crippen molar-refractivity contribution in [3.63, 3.8) is 0 Å². The average Bonchev–Trinajstić information content (AvgIpc) is 3.06. The van der Waals surface area contributed by atoms with Crippen LogP contribution in [-0.4, -0.2) is 20.7 Å². The number of hydrogen-bond acceptors (Lipinski definition) is 3. The Hall–Kier alpha value is -3.02. The highest BCUT2D eigenvalue weighted by Gasteiger charge is 2.17. The second kappa shape index (κ2) is 6.47. The fraction of sp³-hybridized carbons (Fsp3) is 0.211. The van der Waals surface area contributed by atoms with Crippen LogP contribution in [0.3, 0.4) is 0 Å². The van der Waals surface area contributed by atoms with Crippen molar-refractivity contribution >= 4 is 11.6 Å². The number of carbonyl (C=O) groups excluding carboxylic acids is 1. The Kier molecular flexibility index (Phi) is 4.01. The van der Waals surface area contributed by atoms with Gasteiger partial charge in [-0.25, -0.2) is 4.39 Å². The number of carbonyl (C=O) groups is 1. The number of anilines is 1. The lowest BCUT2D eigenvalue weighted by molar-refractivity contribution is 0.102. The molecule has 0 saturated carbocycles. The molecule has 1 amide bonds. The van der Waals surface area contributed by atoms with Crippen molar-refractivity contribution in [1.29, 1.82) is 0 Å². The molecule has 3 aromatic rings. The molecule has 0 saturated heterocycles. The predicted octanol–water partition coefficient (Wildman–Crippen LogP) is 3.67. The molecule has 0 unspecified atom stereocenters. The maximum absolute atomic E-state index is 13.2. The monoisotopic (exact) mass is 336 g/mol. The van der Waals surface area contributed by atoms with Crippen molar-refractivity contribution in [2.45, 2.75) is 25.8 Å². The van der Waals surface area contributed by atoms with Gasteiger partial charge in [-0.1, -0.05) is 6.07 Å². The number of benzene rings is 2. The second-order valence-corrected chi connectivity index (χ2v) is 6.09. The van der Waals surface area contributed by atoms with E-state index in [0.29, 0.717) is 5.69 Å². The summed E-state index contributed by atoms with van der Waals surface area (Å²) in [6, 6.07) is 13.1. The van der Waals surface area contributed by atoms with E-state index in [1.807, 2.05) is 24.3 Å². The standard InChI is InChI=1S/C19H17FN4O/c20-15-5-3-4-14(12-15)19(25)21-16-9-7-13(8-10-16)18-23-22-17-6-1-2-11-24(17)18/h3-5,7-10,12H,1-2,6,11H2,(H,21,25). The highest BCUT2D eigenvalue weighted by molar-refractivity contribution is 6.04. The van der Waals surface area contributed by atoms with E-state index in [-0.39, 0.29) is 11.5 Å². The molecule has 1 aromatic heterocycles. The van der Waals surface area contributed by atoms with Gasteiger partial charge in [-0.05, 0) is 55.3 Å². The third-order valence-electron chi connectivity index (χ3n) is 4.35. The first-order chi connectivity index (χ1) is 12.2. The lowest BCUT2D eigenvalue weighted by Crippen LogP contribution is -2.12. The first-order valence-electron chi connectivity index (χ1n) is 8.30. The largest absolute Gasteiger partial charge is 0.322 e. The van der Waals surface area contributed by atoms with Crippen LogP contribution in [0.2, 0.25) is 0 Å². The summed E-state index contributed by atoms with van der Waals surface area (Å²) in [4.78, 5) is 12.2. The molecule has 5 nitrogen and oxygen atoms in total. The molecule has 126 valence electrons. The fourth-order valence-corrected chi connectivity index (χ4v) is 3.06. The molecule has 0 spiro atoms. The Morgan fingerprint density at radius 2 is 1.92 bits per heavy atom. The summed E-state index contributed by atoms with van der Waals surface area (Å²) in [6.07, 6.45) is 3.26. The van der Waals surface area contributed by atoms with Gasteiger partial charge in [-0.15, -0.1) is 10.2 Å². The van der Waals surface area contributed by atoms with Gasteiger partial charge in [0.2, 0.25) is 0 Å². The quantitative estimate of drug-likeness (QED) is 0.794. The van der Waals surface area contributed by atoms with Gasteiger partial charge in [0.25, 0.3) is 5.91 Å². The molecule has 0 aliphatic carbocycles. The van der Waals surface area contributed by atoms with Crippen LogP contribution in [-0.2, 0) is 13.0 Å². The summed E-state index contributed by atoms with van der Waals surface area (Å²) in [5, 5.41) is 11.3. The van der Waals surface area contributed by atoms with Gasteiger partial charge in [0.05, 0.1) is 0 Å². The smallest absolute Gasteiger partial charge is 0.255 e. The van der Waals surface area contributed by atoms with Gasteiger partial charge in [0, 0.05) is 29.8 Å². The minimum atomic E-state index is -0.431. The van der Waals surface area contributed by atoms with E-state index in [1.54, 1.807) is 6.07 Å². The number of fused-ring (bicyclic) bond motifs is 1. The molecular weight excluding hydrogens is 319 g/mol. The van der Waals surface area contributed by atoms with Crippen molar-refractivity contribution in [2.24, 2.45) is 0 Å². The molecule has 0 radical (unpaired) electrons. The Morgan fingerprint density at radius 1 is 1.08 bits per heavy atom. The van der Waals surface area contributed by atoms with Crippen molar-refractivity contribution < 1.29 is 9.18 Å². The zero-order chi connectivity index (χ0) is 17.2. The maximum atomic E-state index is 13.2. The molecular formula is C19H17FN4O. The number of hydrogen-bond donors (Lipinski definition) is 1. The van der Waals surface area contributed by atoms with Crippen molar-refractivity contribution in [3.8, 4) is 11.4 Å². The van der Waals surface area contributed by atoms with Gasteiger partial charge < -0.3 is 9.88 Å². The number of rotatable bonds is 3. The Balaban J connectivity index is 1.52. The summed E-state index contributed by atoms with van der Waals surface area (Å²) >= 11 is 0. The molecule has 2 aromatic carbocycles. The van der Waals surface area contributed by atoms with E-state index in [0.717, 1.165) is 43.0 Å². The average molecular weight is 336 g/mol. The first kappa shape index (κ1) is 15.5. The number of halogens is 1. The summed E-state index contributed by atoms with van der Waals surface area (Å²) in [7, 11) is 0. The lowest BCUT2D eigenvalue weighted by atomic mass is 10.1. The van der Waals surface area contributed by atoms with Crippen molar-refractivity contribution in [3.05, 3.63) is 65.7 Å². The van der Waals surface area contributed by atoms with E-state index < -0.39 is 5.82 Å². The molecule has 1 aliphatic heterocycles. The summed E-state index contributed by atoms with van der Waals surface area (Å²) in [5.74, 6) is 1.12. The predicted molar refractivity (Wildman–Crippen MR) is 92.7 cm³/mol. The van der Waals surface area contributed by atoms with Gasteiger partial charge in [-0.2, -0.15) is 0 Å². The van der Waals surface area contributed by atoms with Crippen LogP contribution in [0.15, 0.2) is 48.5 Å². The Morgan fingerprint density at radius 3 is 2.72 bits per heavy atom. The third kappa shape index (κ3) is 3.15. The highest BCUT2D eigenvalue weighted by Crippen LogP contribution is 2.24. The zero-order valence-corrected chi connectivity index (χ0v) is 13.6. The molecule has 1 aliphatic rings. The minimum Gasteiger partial charge on any atom is -0.322 e.